The Kier molecular flexibility index (Phi) is 8.20. The highest BCUT2D eigenvalue weighted by molar-refractivity contribution is 5.95. The lowest BCUT2D eigenvalue weighted by Crippen LogP contribution is -2.42. The van der Waals surface area contributed by atoms with Crippen molar-refractivity contribution in [1.82, 2.24) is 14.7 Å². The molecule has 1 aliphatic rings. The lowest BCUT2D eigenvalue weighted by molar-refractivity contribution is -0.143. The second-order valence-electron chi connectivity index (χ2n) is 10.7. The number of piperidine rings is 1. The number of carboxylic acids is 1. The van der Waals surface area contributed by atoms with Crippen molar-refractivity contribution in [2.24, 2.45) is 5.92 Å². The van der Waals surface area contributed by atoms with Crippen molar-refractivity contribution in [2.75, 3.05) is 18.4 Å². The van der Waals surface area contributed by atoms with Crippen molar-refractivity contribution in [3.05, 3.63) is 89.4 Å². The number of carboxylic acid groups (broad SMARTS) is 1. The summed E-state index contributed by atoms with van der Waals surface area (Å²) in [6.45, 7) is 2.44. The van der Waals surface area contributed by atoms with Gasteiger partial charge in [-0.1, -0.05) is 6.07 Å². The number of nitrogens with zero attached hydrogens (tertiary/aromatic N) is 3. The summed E-state index contributed by atoms with van der Waals surface area (Å²) in [4.78, 5) is 25.9. The standard InChI is InChI=1S/C31H30F4N4O3/c1-19-15-25(39-28-11-6-23(32)16-22(28)17-36-39)9-10-26(19)27(12-13-31(33,34)35)37-24-7-4-20(5-8-24)29(40)38-14-2-3-21(18-38)30(41)42/h4-11,15-17,21,27,37H,2-3,12-14,18H2,1H3,(H,41,42)/t21-,27?/m1/s1. The van der Waals surface area contributed by atoms with E-state index in [4.69, 9.17) is 0 Å². The van der Waals surface area contributed by atoms with Crippen molar-refractivity contribution in [3.63, 3.8) is 0 Å². The van der Waals surface area contributed by atoms with Crippen molar-refractivity contribution in [1.29, 1.82) is 0 Å². The van der Waals surface area contributed by atoms with Crippen LogP contribution in [0.25, 0.3) is 16.6 Å². The highest BCUT2D eigenvalue weighted by Crippen LogP contribution is 2.33. The lowest BCUT2D eigenvalue weighted by Gasteiger charge is -2.30. The van der Waals surface area contributed by atoms with Crippen LogP contribution in [0, 0.1) is 18.7 Å². The zero-order chi connectivity index (χ0) is 30.0. The van der Waals surface area contributed by atoms with Crippen molar-refractivity contribution in [2.45, 2.75) is 44.8 Å². The monoisotopic (exact) mass is 582 g/mol. The highest BCUT2D eigenvalue weighted by Gasteiger charge is 2.30. The molecule has 0 radical (unpaired) electrons. The van der Waals surface area contributed by atoms with Crippen LogP contribution in [0.3, 0.4) is 0 Å². The van der Waals surface area contributed by atoms with E-state index in [0.717, 1.165) is 5.56 Å². The fourth-order valence-electron chi connectivity index (χ4n) is 5.46. The van der Waals surface area contributed by atoms with Gasteiger partial charge >= 0.3 is 12.1 Å². The van der Waals surface area contributed by atoms with Gasteiger partial charge in [-0.2, -0.15) is 18.3 Å². The minimum Gasteiger partial charge on any atom is -0.481 e. The van der Waals surface area contributed by atoms with Gasteiger partial charge in [-0.25, -0.2) is 9.07 Å². The molecule has 0 aliphatic carbocycles. The van der Waals surface area contributed by atoms with Crippen molar-refractivity contribution >= 4 is 28.5 Å². The maximum absolute atomic E-state index is 13.6. The molecule has 5 rings (SSSR count). The van der Waals surface area contributed by atoms with E-state index in [1.807, 2.05) is 13.0 Å². The smallest absolute Gasteiger partial charge is 0.389 e. The number of aliphatic carboxylic acids is 1. The first-order chi connectivity index (χ1) is 20.0. The zero-order valence-corrected chi connectivity index (χ0v) is 22.9. The zero-order valence-electron chi connectivity index (χ0n) is 22.9. The molecule has 42 heavy (non-hydrogen) atoms. The van der Waals surface area contributed by atoms with E-state index in [1.165, 1.54) is 17.0 Å². The van der Waals surface area contributed by atoms with Gasteiger partial charge < -0.3 is 15.3 Å². The molecule has 0 bridgehead atoms. The summed E-state index contributed by atoms with van der Waals surface area (Å²) in [6, 6.07) is 15.5. The average Bonchev–Trinajstić information content (AvgIpc) is 3.38. The Bertz CT molecular complexity index is 1600. The first kappa shape index (κ1) is 29.1. The number of rotatable bonds is 8. The third kappa shape index (κ3) is 6.56. The first-order valence-corrected chi connectivity index (χ1v) is 13.7. The number of alkyl halides is 3. The number of fused-ring (bicyclic) bond motifs is 1. The topological polar surface area (TPSA) is 87.5 Å². The minimum atomic E-state index is -4.34. The van der Waals surface area contributed by atoms with Gasteiger partial charge in [0.2, 0.25) is 0 Å². The molecule has 3 aromatic carbocycles. The fraction of sp³-hybridized carbons (Fsp3) is 0.323. The van der Waals surface area contributed by atoms with E-state index in [2.05, 4.69) is 10.4 Å². The number of hydrogen-bond acceptors (Lipinski definition) is 4. The third-order valence-corrected chi connectivity index (χ3v) is 7.65. The van der Waals surface area contributed by atoms with Crippen molar-refractivity contribution < 1.29 is 32.3 Å². The van der Waals surface area contributed by atoms with E-state index in [0.29, 0.717) is 52.8 Å². The fourth-order valence-corrected chi connectivity index (χ4v) is 5.46. The van der Waals surface area contributed by atoms with Gasteiger partial charge in [0.05, 0.1) is 29.4 Å². The Morgan fingerprint density at radius 3 is 2.55 bits per heavy atom. The molecule has 0 spiro atoms. The molecule has 1 saturated heterocycles. The van der Waals surface area contributed by atoms with Crippen LogP contribution >= 0.6 is 0 Å². The van der Waals surface area contributed by atoms with Gasteiger partial charge in [0.25, 0.3) is 5.91 Å². The van der Waals surface area contributed by atoms with Crippen LogP contribution in [0.5, 0.6) is 0 Å². The summed E-state index contributed by atoms with van der Waals surface area (Å²) in [5.74, 6) is -2.17. The van der Waals surface area contributed by atoms with E-state index in [9.17, 15) is 32.3 Å². The van der Waals surface area contributed by atoms with E-state index in [-0.39, 0.29) is 24.7 Å². The number of anilines is 1. The maximum Gasteiger partial charge on any atom is 0.389 e. The molecule has 1 aromatic heterocycles. The summed E-state index contributed by atoms with van der Waals surface area (Å²) in [5.41, 5.74) is 3.75. The largest absolute Gasteiger partial charge is 0.481 e. The minimum absolute atomic E-state index is 0.147. The summed E-state index contributed by atoms with van der Waals surface area (Å²) in [5, 5.41) is 17.5. The number of halogens is 4. The van der Waals surface area contributed by atoms with Crippen LogP contribution in [0.15, 0.2) is 66.9 Å². The molecule has 2 N–H and O–H groups in total. The van der Waals surface area contributed by atoms with Crippen LogP contribution in [-0.2, 0) is 4.79 Å². The number of nitrogens with one attached hydrogen (secondary N) is 1. The molecule has 1 unspecified atom stereocenters. The number of carbonyl (C=O) groups excluding carboxylic acids is 1. The van der Waals surface area contributed by atoms with Gasteiger partial charge in [-0.05, 0) is 91.9 Å². The summed E-state index contributed by atoms with van der Waals surface area (Å²) in [7, 11) is 0. The van der Waals surface area contributed by atoms with Gasteiger partial charge in [0, 0.05) is 36.1 Å². The Labute approximate surface area is 239 Å². The first-order valence-electron chi connectivity index (χ1n) is 13.7. The van der Waals surface area contributed by atoms with Gasteiger partial charge in [-0.3, -0.25) is 9.59 Å². The molecule has 2 atom stereocenters. The molecule has 0 saturated carbocycles. The highest BCUT2D eigenvalue weighted by atomic mass is 19.4. The predicted molar refractivity (Wildman–Crippen MR) is 150 cm³/mol. The van der Waals surface area contributed by atoms with Gasteiger partial charge in [0.15, 0.2) is 0 Å². The maximum atomic E-state index is 13.6. The van der Waals surface area contributed by atoms with Crippen LogP contribution in [0.2, 0.25) is 0 Å². The van der Waals surface area contributed by atoms with Crippen LogP contribution in [-0.4, -0.2) is 50.9 Å². The molecule has 220 valence electrons. The second kappa shape index (κ2) is 11.8. The van der Waals surface area contributed by atoms with Crippen molar-refractivity contribution in [3.8, 4) is 5.69 Å². The average molecular weight is 583 g/mol. The number of amides is 1. The number of aromatic nitrogens is 2. The van der Waals surface area contributed by atoms with E-state index in [1.54, 1.807) is 53.3 Å². The van der Waals surface area contributed by atoms with Crippen LogP contribution in [0.4, 0.5) is 23.2 Å². The predicted octanol–water partition coefficient (Wildman–Crippen LogP) is 6.91. The van der Waals surface area contributed by atoms with Crippen LogP contribution in [0.1, 0.15) is 53.2 Å². The second-order valence-corrected chi connectivity index (χ2v) is 10.7. The molecule has 7 nitrogen and oxygen atoms in total. The van der Waals surface area contributed by atoms with Gasteiger partial charge in [-0.15, -0.1) is 0 Å². The summed E-state index contributed by atoms with van der Waals surface area (Å²) >= 11 is 0. The molecular weight excluding hydrogens is 552 g/mol. The molecule has 2 heterocycles. The van der Waals surface area contributed by atoms with Gasteiger partial charge in [0.1, 0.15) is 5.82 Å². The SMILES string of the molecule is Cc1cc(-n2ncc3cc(F)ccc32)ccc1C(CCC(F)(F)F)Nc1ccc(C(=O)N2CCC[C@@H](C(=O)O)C2)cc1. The third-order valence-electron chi connectivity index (χ3n) is 7.65. The molecule has 1 fully saturated rings. The molecular formula is C31H30F4N4O3. The van der Waals surface area contributed by atoms with E-state index < -0.39 is 30.5 Å². The van der Waals surface area contributed by atoms with Crippen LogP contribution < -0.4 is 5.32 Å². The molecule has 1 aliphatic heterocycles. The Hall–Kier alpha value is -4.41. The number of carbonyl (C=O) groups is 2. The number of aryl methyl sites for hydroxylation is 1. The number of benzene rings is 3. The summed E-state index contributed by atoms with van der Waals surface area (Å²) < 4.78 is 55.0. The molecule has 1 amide bonds. The lowest BCUT2D eigenvalue weighted by atomic mass is 9.96. The Morgan fingerprint density at radius 1 is 1.10 bits per heavy atom. The molecule has 11 heteroatoms. The Morgan fingerprint density at radius 2 is 1.86 bits per heavy atom. The Balaban J connectivity index is 1.36. The summed E-state index contributed by atoms with van der Waals surface area (Å²) in [6.07, 6.45) is -2.85. The molecule has 4 aromatic rings. The normalized spacial score (nSPS) is 16.4. The number of hydrogen-bond donors (Lipinski definition) is 2. The van der Waals surface area contributed by atoms with E-state index >= 15 is 0 Å². The number of likely N-dealkylation sites (tertiary alicyclic amines) is 1. The quantitative estimate of drug-likeness (QED) is 0.221.